The molecule has 1 fully saturated rings. The average Bonchev–Trinajstić information content (AvgIpc) is 2.88. The molecule has 0 saturated heterocycles. The zero-order chi connectivity index (χ0) is 11.8. The van der Waals surface area contributed by atoms with Gasteiger partial charge in [-0.05, 0) is 31.0 Å². The summed E-state index contributed by atoms with van der Waals surface area (Å²) in [5, 5.41) is 3.56. The highest BCUT2D eigenvalue weighted by atomic mass is 32.2. The van der Waals surface area contributed by atoms with E-state index in [4.69, 9.17) is 0 Å². The van der Waals surface area contributed by atoms with E-state index in [0.717, 1.165) is 12.5 Å². The highest BCUT2D eigenvalue weighted by molar-refractivity contribution is 7.99. The van der Waals surface area contributed by atoms with Crippen LogP contribution in [0.2, 0.25) is 0 Å². The Hall–Kier alpha value is -0.470. The Morgan fingerprint density at radius 1 is 1.06 bits per heavy atom. The first-order valence-corrected chi connectivity index (χ1v) is 7.82. The fraction of sp³-hybridized carbons (Fsp3) is 0.600. The van der Waals surface area contributed by atoms with E-state index in [-0.39, 0.29) is 0 Å². The SMILES string of the molecule is c1ccc(SCCNCCC2CCCC2)cc1. The molecule has 0 aliphatic heterocycles. The van der Waals surface area contributed by atoms with Crippen molar-refractivity contribution in [2.24, 2.45) is 5.92 Å². The van der Waals surface area contributed by atoms with Gasteiger partial charge >= 0.3 is 0 Å². The molecule has 0 bridgehead atoms. The van der Waals surface area contributed by atoms with Crippen LogP contribution in [0.1, 0.15) is 32.1 Å². The Kier molecular flexibility index (Phi) is 5.94. The molecule has 0 amide bonds. The zero-order valence-electron chi connectivity index (χ0n) is 10.5. The molecule has 1 nitrogen and oxygen atoms in total. The zero-order valence-corrected chi connectivity index (χ0v) is 11.3. The molecule has 0 aromatic heterocycles. The minimum absolute atomic E-state index is 1.02. The quantitative estimate of drug-likeness (QED) is 0.580. The Morgan fingerprint density at radius 2 is 1.82 bits per heavy atom. The van der Waals surface area contributed by atoms with Crippen molar-refractivity contribution >= 4 is 11.8 Å². The van der Waals surface area contributed by atoms with E-state index in [1.165, 1.54) is 49.3 Å². The molecule has 2 rings (SSSR count). The van der Waals surface area contributed by atoms with Gasteiger partial charge in [-0.25, -0.2) is 0 Å². The summed E-state index contributed by atoms with van der Waals surface area (Å²) in [7, 11) is 0. The van der Waals surface area contributed by atoms with Crippen molar-refractivity contribution in [1.29, 1.82) is 0 Å². The summed E-state index contributed by atoms with van der Waals surface area (Å²) in [6.07, 6.45) is 7.26. The number of hydrogen-bond acceptors (Lipinski definition) is 2. The molecule has 94 valence electrons. The molecule has 0 heterocycles. The summed E-state index contributed by atoms with van der Waals surface area (Å²) in [5.41, 5.74) is 0. The first-order valence-electron chi connectivity index (χ1n) is 6.84. The van der Waals surface area contributed by atoms with Gasteiger partial charge in [-0.2, -0.15) is 0 Å². The van der Waals surface area contributed by atoms with Crippen molar-refractivity contribution < 1.29 is 0 Å². The Balaban J connectivity index is 1.46. The predicted octanol–water partition coefficient (Wildman–Crippen LogP) is 3.95. The van der Waals surface area contributed by atoms with Crippen LogP contribution in [0, 0.1) is 5.92 Å². The molecule has 1 saturated carbocycles. The summed E-state index contributed by atoms with van der Waals surface area (Å²) in [6, 6.07) is 10.7. The molecule has 0 atom stereocenters. The summed E-state index contributed by atoms with van der Waals surface area (Å²) in [5.74, 6) is 2.19. The lowest BCUT2D eigenvalue weighted by atomic mass is 10.0. The Morgan fingerprint density at radius 3 is 2.59 bits per heavy atom. The second-order valence-electron chi connectivity index (χ2n) is 4.85. The molecule has 1 aromatic carbocycles. The molecule has 0 spiro atoms. The average molecular weight is 249 g/mol. The smallest absolute Gasteiger partial charge is 0.0106 e. The van der Waals surface area contributed by atoms with Gasteiger partial charge in [0, 0.05) is 17.2 Å². The van der Waals surface area contributed by atoms with E-state index >= 15 is 0 Å². The van der Waals surface area contributed by atoms with Gasteiger partial charge < -0.3 is 5.32 Å². The van der Waals surface area contributed by atoms with Crippen LogP contribution in [0.25, 0.3) is 0 Å². The predicted molar refractivity (Wildman–Crippen MR) is 76.6 cm³/mol. The second kappa shape index (κ2) is 7.78. The minimum Gasteiger partial charge on any atom is -0.316 e. The monoisotopic (exact) mass is 249 g/mol. The van der Waals surface area contributed by atoms with Gasteiger partial charge in [0.05, 0.1) is 0 Å². The Labute approximate surface area is 109 Å². The third kappa shape index (κ3) is 5.13. The lowest BCUT2D eigenvalue weighted by Gasteiger charge is -2.09. The van der Waals surface area contributed by atoms with Crippen LogP contribution in [0.4, 0.5) is 0 Å². The van der Waals surface area contributed by atoms with Crippen LogP contribution in [0.5, 0.6) is 0 Å². The number of hydrogen-bond donors (Lipinski definition) is 1. The van der Waals surface area contributed by atoms with Crippen molar-refractivity contribution in [2.45, 2.75) is 37.0 Å². The van der Waals surface area contributed by atoms with Crippen LogP contribution >= 0.6 is 11.8 Å². The van der Waals surface area contributed by atoms with Crippen LogP contribution in [0.15, 0.2) is 35.2 Å². The van der Waals surface area contributed by atoms with E-state index in [2.05, 4.69) is 35.6 Å². The lowest BCUT2D eigenvalue weighted by molar-refractivity contribution is 0.483. The lowest BCUT2D eigenvalue weighted by Crippen LogP contribution is -2.20. The molecule has 2 heteroatoms. The molecule has 0 unspecified atom stereocenters. The second-order valence-corrected chi connectivity index (χ2v) is 6.02. The number of rotatable bonds is 7. The molecule has 17 heavy (non-hydrogen) atoms. The molecule has 1 aromatic rings. The van der Waals surface area contributed by atoms with Gasteiger partial charge in [0.2, 0.25) is 0 Å². The van der Waals surface area contributed by atoms with Crippen molar-refractivity contribution in [2.75, 3.05) is 18.8 Å². The van der Waals surface area contributed by atoms with Crippen LogP contribution in [-0.4, -0.2) is 18.8 Å². The summed E-state index contributed by atoms with van der Waals surface area (Å²) in [6.45, 7) is 2.34. The Bertz CT molecular complexity index is 293. The first kappa shape index (κ1) is 13.0. The number of nitrogens with one attached hydrogen (secondary N) is 1. The summed E-state index contributed by atoms with van der Waals surface area (Å²) in [4.78, 5) is 1.38. The number of thioether (sulfide) groups is 1. The van der Waals surface area contributed by atoms with Gasteiger partial charge in [-0.1, -0.05) is 43.9 Å². The molecule has 1 aliphatic rings. The maximum Gasteiger partial charge on any atom is 0.0106 e. The van der Waals surface area contributed by atoms with Gasteiger partial charge in [0.15, 0.2) is 0 Å². The van der Waals surface area contributed by atoms with E-state index in [9.17, 15) is 0 Å². The maximum absolute atomic E-state index is 3.56. The normalized spacial score (nSPS) is 16.5. The van der Waals surface area contributed by atoms with Gasteiger partial charge in [-0.3, -0.25) is 0 Å². The van der Waals surface area contributed by atoms with Gasteiger partial charge in [0.25, 0.3) is 0 Å². The van der Waals surface area contributed by atoms with Crippen molar-refractivity contribution in [3.8, 4) is 0 Å². The van der Waals surface area contributed by atoms with Crippen molar-refractivity contribution in [3.63, 3.8) is 0 Å². The molecule has 1 aliphatic carbocycles. The minimum atomic E-state index is 1.02. The van der Waals surface area contributed by atoms with E-state index in [1.54, 1.807) is 0 Å². The van der Waals surface area contributed by atoms with Gasteiger partial charge in [-0.15, -0.1) is 11.8 Å². The molecular weight excluding hydrogens is 226 g/mol. The largest absolute Gasteiger partial charge is 0.316 e. The van der Waals surface area contributed by atoms with Crippen molar-refractivity contribution in [1.82, 2.24) is 5.32 Å². The summed E-state index contributed by atoms with van der Waals surface area (Å²) < 4.78 is 0. The van der Waals surface area contributed by atoms with E-state index < -0.39 is 0 Å². The first-order chi connectivity index (χ1) is 8.45. The highest BCUT2D eigenvalue weighted by Crippen LogP contribution is 2.26. The molecular formula is C15H23NS. The fourth-order valence-electron chi connectivity index (χ4n) is 2.49. The highest BCUT2D eigenvalue weighted by Gasteiger charge is 2.13. The standard InChI is InChI=1S/C15H23NS/c1-2-8-15(9-3-1)17-13-12-16-11-10-14-6-4-5-7-14/h1-3,8-9,14,16H,4-7,10-13H2. The van der Waals surface area contributed by atoms with E-state index in [1.807, 2.05) is 11.8 Å². The van der Waals surface area contributed by atoms with E-state index in [0.29, 0.717) is 0 Å². The molecule has 0 radical (unpaired) electrons. The summed E-state index contributed by atoms with van der Waals surface area (Å²) >= 11 is 1.94. The maximum atomic E-state index is 3.56. The van der Waals surface area contributed by atoms with Gasteiger partial charge in [0.1, 0.15) is 0 Å². The molecule has 1 N–H and O–H groups in total. The number of benzene rings is 1. The van der Waals surface area contributed by atoms with Crippen LogP contribution < -0.4 is 5.32 Å². The van der Waals surface area contributed by atoms with Crippen LogP contribution in [-0.2, 0) is 0 Å². The fourth-order valence-corrected chi connectivity index (χ4v) is 3.32. The third-order valence-corrected chi connectivity index (χ3v) is 4.51. The van der Waals surface area contributed by atoms with Crippen LogP contribution in [0.3, 0.4) is 0 Å². The van der Waals surface area contributed by atoms with Crippen molar-refractivity contribution in [3.05, 3.63) is 30.3 Å². The third-order valence-electron chi connectivity index (χ3n) is 3.49. The topological polar surface area (TPSA) is 12.0 Å².